The van der Waals surface area contributed by atoms with Crippen LogP contribution in [0.3, 0.4) is 0 Å². The van der Waals surface area contributed by atoms with Crippen LogP contribution < -0.4 is 5.32 Å². The number of hydrogen-bond acceptors (Lipinski definition) is 3. The van der Waals surface area contributed by atoms with Gasteiger partial charge in [-0.1, -0.05) is 13.8 Å². The van der Waals surface area contributed by atoms with E-state index in [4.69, 9.17) is 0 Å². The number of guanidine groups is 1. The van der Waals surface area contributed by atoms with Gasteiger partial charge in [-0.25, -0.2) is 0 Å². The molecule has 0 aromatic heterocycles. The van der Waals surface area contributed by atoms with Crippen molar-refractivity contribution in [3.05, 3.63) is 0 Å². The van der Waals surface area contributed by atoms with Crippen LogP contribution in [0.1, 0.15) is 27.7 Å². The molecule has 0 aliphatic carbocycles. The number of piperazine rings is 1. The van der Waals surface area contributed by atoms with Gasteiger partial charge in [-0.15, -0.1) is 24.0 Å². The van der Waals surface area contributed by atoms with Crippen molar-refractivity contribution in [3.63, 3.8) is 0 Å². The molecular weight excluding hydrogens is 446 g/mol. The average Bonchev–Trinajstić information content (AvgIpc) is 2.55. The first-order chi connectivity index (χ1) is 11.2. The average molecular weight is 479 g/mol. The molecule has 9 heteroatoms. The van der Waals surface area contributed by atoms with Crippen molar-refractivity contribution in [3.8, 4) is 0 Å². The van der Waals surface area contributed by atoms with Gasteiger partial charge in [0.2, 0.25) is 0 Å². The summed E-state index contributed by atoms with van der Waals surface area (Å²) in [5.41, 5.74) is 0. The Labute approximate surface area is 167 Å². The lowest BCUT2D eigenvalue weighted by Gasteiger charge is -2.40. The molecule has 1 N–H and O–H groups in total. The number of rotatable bonds is 6. The highest BCUT2D eigenvalue weighted by molar-refractivity contribution is 14.0. The molecule has 0 saturated carbocycles. The monoisotopic (exact) mass is 479 g/mol. The van der Waals surface area contributed by atoms with E-state index in [1.165, 1.54) is 11.8 Å². The minimum Gasteiger partial charge on any atom is -0.355 e. The number of alkyl halides is 3. The third-order valence-electron chi connectivity index (χ3n) is 4.84. The molecule has 150 valence electrons. The number of nitrogens with zero attached hydrogens (tertiary/aromatic N) is 4. The summed E-state index contributed by atoms with van der Waals surface area (Å²) in [7, 11) is 1.72. The van der Waals surface area contributed by atoms with Crippen LogP contribution in [-0.4, -0.2) is 91.8 Å². The molecule has 0 aromatic carbocycles. The third kappa shape index (κ3) is 7.46. The second kappa shape index (κ2) is 11.4. The highest BCUT2D eigenvalue weighted by Gasteiger charge is 2.41. The second-order valence-electron chi connectivity index (χ2n) is 6.24. The van der Waals surface area contributed by atoms with Crippen molar-refractivity contribution in [2.75, 3.05) is 52.9 Å². The molecule has 0 aromatic rings. The van der Waals surface area contributed by atoms with Gasteiger partial charge in [-0.3, -0.25) is 14.8 Å². The van der Waals surface area contributed by atoms with Crippen molar-refractivity contribution in [1.82, 2.24) is 20.0 Å². The Hall–Kier alpha value is -0.290. The third-order valence-corrected chi connectivity index (χ3v) is 4.84. The van der Waals surface area contributed by atoms with Crippen molar-refractivity contribution in [1.29, 1.82) is 0 Å². The van der Waals surface area contributed by atoms with Crippen LogP contribution in [0.15, 0.2) is 4.99 Å². The first kappa shape index (κ1) is 24.7. The number of hydrogen-bond donors (Lipinski definition) is 1. The maximum Gasteiger partial charge on any atom is 0.403 e. The van der Waals surface area contributed by atoms with Crippen LogP contribution in [-0.2, 0) is 0 Å². The van der Waals surface area contributed by atoms with Gasteiger partial charge in [0.25, 0.3) is 0 Å². The second-order valence-corrected chi connectivity index (χ2v) is 6.24. The molecule has 1 heterocycles. The molecule has 1 aliphatic rings. The van der Waals surface area contributed by atoms with Gasteiger partial charge in [0.05, 0.1) is 0 Å². The largest absolute Gasteiger partial charge is 0.403 e. The van der Waals surface area contributed by atoms with E-state index in [0.29, 0.717) is 32.2 Å². The molecule has 1 saturated heterocycles. The predicted molar refractivity (Wildman–Crippen MR) is 108 cm³/mol. The number of nitrogens with one attached hydrogen (secondary N) is 1. The molecule has 1 fully saturated rings. The fraction of sp³-hybridized carbons (Fsp3) is 0.938. The Bertz CT molecular complexity index is 394. The van der Waals surface area contributed by atoms with E-state index in [1.54, 1.807) is 7.05 Å². The van der Waals surface area contributed by atoms with Gasteiger partial charge in [0.1, 0.15) is 6.04 Å². The molecule has 0 amide bonds. The number of likely N-dealkylation sites (N-methyl/N-ethyl adjacent to an activating group) is 1. The summed E-state index contributed by atoms with van der Waals surface area (Å²) < 4.78 is 38.4. The highest BCUT2D eigenvalue weighted by atomic mass is 127. The predicted octanol–water partition coefficient (Wildman–Crippen LogP) is 2.48. The van der Waals surface area contributed by atoms with E-state index in [0.717, 1.165) is 25.6 Å². The quantitative estimate of drug-likeness (QED) is 0.361. The summed E-state index contributed by atoms with van der Waals surface area (Å²) in [4.78, 5) is 10.2. The van der Waals surface area contributed by atoms with Crippen LogP contribution >= 0.6 is 24.0 Å². The van der Waals surface area contributed by atoms with E-state index in [9.17, 15) is 13.2 Å². The van der Waals surface area contributed by atoms with Crippen LogP contribution in [0.4, 0.5) is 13.2 Å². The van der Waals surface area contributed by atoms with E-state index in [2.05, 4.69) is 36.0 Å². The topological polar surface area (TPSA) is 34.1 Å². The standard InChI is InChI=1S/C16H32F3N5.HI/c1-6-22(7-2)13(3)12-21-15(20-5)24-10-8-23(9-11-24)14(4)16(17,18)19;/h13-14H,6-12H2,1-5H3,(H,20,21);1H. The SMILES string of the molecule is CCN(CC)C(C)CNC(=NC)N1CCN(C(C)C(F)(F)F)CC1.I. The van der Waals surface area contributed by atoms with Gasteiger partial charge >= 0.3 is 6.18 Å². The summed E-state index contributed by atoms with van der Waals surface area (Å²) >= 11 is 0. The van der Waals surface area contributed by atoms with E-state index < -0.39 is 12.2 Å². The fourth-order valence-electron chi connectivity index (χ4n) is 3.08. The van der Waals surface area contributed by atoms with E-state index >= 15 is 0 Å². The van der Waals surface area contributed by atoms with Gasteiger partial charge < -0.3 is 10.2 Å². The molecule has 2 unspecified atom stereocenters. The Balaban J connectivity index is 0.00000576. The zero-order valence-corrected chi connectivity index (χ0v) is 18.3. The molecule has 0 bridgehead atoms. The van der Waals surface area contributed by atoms with Crippen LogP contribution in [0.2, 0.25) is 0 Å². The lowest BCUT2D eigenvalue weighted by atomic mass is 10.2. The Morgan fingerprint density at radius 3 is 2.04 bits per heavy atom. The van der Waals surface area contributed by atoms with Crippen molar-refractivity contribution in [2.45, 2.75) is 46.0 Å². The first-order valence-corrected chi connectivity index (χ1v) is 8.74. The number of aliphatic imine (C=N–C) groups is 1. The molecule has 0 spiro atoms. The van der Waals surface area contributed by atoms with Crippen LogP contribution in [0.25, 0.3) is 0 Å². The van der Waals surface area contributed by atoms with Gasteiger partial charge in [0.15, 0.2) is 5.96 Å². The molecular formula is C16H33F3IN5. The summed E-state index contributed by atoms with van der Waals surface area (Å²) in [5, 5.41) is 3.36. The summed E-state index contributed by atoms with van der Waals surface area (Å²) in [6.07, 6.45) is -4.17. The molecule has 25 heavy (non-hydrogen) atoms. The highest BCUT2D eigenvalue weighted by Crippen LogP contribution is 2.25. The first-order valence-electron chi connectivity index (χ1n) is 8.74. The summed E-state index contributed by atoms with van der Waals surface area (Å²) in [5.74, 6) is 0.772. The molecule has 2 atom stereocenters. The van der Waals surface area contributed by atoms with Crippen molar-refractivity contribution in [2.24, 2.45) is 4.99 Å². The Morgan fingerprint density at radius 1 is 1.12 bits per heavy atom. The van der Waals surface area contributed by atoms with Gasteiger partial charge in [0, 0.05) is 45.8 Å². The van der Waals surface area contributed by atoms with Gasteiger partial charge in [-0.2, -0.15) is 13.2 Å². The smallest absolute Gasteiger partial charge is 0.355 e. The van der Waals surface area contributed by atoms with E-state index in [1.807, 2.05) is 4.90 Å². The molecule has 5 nitrogen and oxygen atoms in total. The van der Waals surface area contributed by atoms with Crippen LogP contribution in [0.5, 0.6) is 0 Å². The van der Waals surface area contributed by atoms with Crippen LogP contribution in [0, 0.1) is 0 Å². The minimum absolute atomic E-state index is 0. The fourth-order valence-corrected chi connectivity index (χ4v) is 3.08. The molecule has 1 aliphatic heterocycles. The van der Waals surface area contributed by atoms with Crippen molar-refractivity contribution < 1.29 is 13.2 Å². The summed E-state index contributed by atoms with van der Waals surface area (Å²) in [6.45, 7) is 12.3. The van der Waals surface area contributed by atoms with E-state index in [-0.39, 0.29) is 24.0 Å². The van der Waals surface area contributed by atoms with Crippen molar-refractivity contribution >= 4 is 29.9 Å². The zero-order chi connectivity index (χ0) is 18.3. The van der Waals surface area contributed by atoms with Gasteiger partial charge in [-0.05, 0) is 26.9 Å². The Morgan fingerprint density at radius 2 is 1.64 bits per heavy atom. The normalized spacial score (nSPS) is 19.6. The number of halogens is 4. The molecule has 1 rings (SSSR count). The lowest BCUT2D eigenvalue weighted by Crippen LogP contribution is -2.57. The Kier molecular flexibility index (Phi) is 11.3. The summed E-state index contributed by atoms with van der Waals surface area (Å²) in [6, 6.07) is -1.01. The maximum atomic E-state index is 12.8. The lowest BCUT2D eigenvalue weighted by molar-refractivity contribution is -0.181. The minimum atomic E-state index is -4.17. The zero-order valence-electron chi connectivity index (χ0n) is 15.9. The maximum absolute atomic E-state index is 12.8. The molecule has 0 radical (unpaired) electrons.